The number of carbonyl (C=O) groups excluding carboxylic acids is 1. The van der Waals surface area contributed by atoms with Gasteiger partial charge in [-0.3, -0.25) is 4.79 Å². The van der Waals surface area contributed by atoms with E-state index in [1.165, 1.54) is 22.1 Å². The SMILES string of the molecule is Cn1ccnc1S(=O)(=O)CCCc1nc(C(=O)NCc2ccccc2)cs1. The number of hydrogen-bond donors (Lipinski definition) is 1. The van der Waals surface area contributed by atoms with Crippen LogP contribution in [0.1, 0.15) is 27.5 Å². The Balaban J connectivity index is 1.50. The maximum absolute atomic E-state index is 12.3. The lowest BCUT2D eigenvalue weighted by Gasteiger charge is -2.03. The molecular formula is C18H20N4O3S2. The van der Waals surface area contributed by atoms with Gasteiger partial charge in [-0.05, 0) is 12.0 Å². The Morgan fingerprint density at radius 2 is 2.04 bits per heavy atom. The van der Waals surface area contributed by atoms with Crippen LogP contribution in [0, 0.1) is 0 Å². The van der Waals surface area contributed by atoms with Crippen LogP contribution in [0.25, 0.3) is 0 Å². The lowest BCUT2D eigenvalue weighted by molar-refractivity contribution is 0.0946. The van der Waals surface area contributed by atoms with Gasteiger partial charge in [0.15, 0.2) is 0 Å². The van der Waals surface area contributed by atoms with Crippen molar-refractivity contribution >= 4 is 27.1 Å². The molecule has 142 valence electrons. The summed E-state index contributed by atoms with van der Waals surface area (Å²) in [5.41, 5.74) is 1.37. The van der Waals surface area contributed by atoms with Crippen molar-refractivity contribution in [2.24, 2.45) is 7.05 Å². The van der Waals surface area contributed by atoms with Gasteiger partial charge in [0, 0.05) is 37.8 Å². The number of carbonyl (C=O) groups is 1. The molecular weight excluding hydrogens is 384 g/mol. The van der Waals surface area contributed by atoms with Crippen LogP contribution in [0.5, 0.6) is 0 Å². The van der Waals surface area contributed by atoms with E-state index in [0.717, 1.165) is 10.6 Å². The molecule has 9 heteroatoms. The van der Waals surface area contributed by atoms with Crippen LogP contribution in [-0.4, -0.2) is 34.6 Å². The fourth-order valence-electron chi connectivity index (χ4n) is 2.56. The number of rotatable bonds is 8. The summed E-state index contributed by atoms with van der Waals surface area (Å²) in [5, 5.41) is 5.35. The predicted molar refractivity (Wildman–Crippen MR) is 103 cm³/mol. The molecule has 0 aliphatic rings. The highest BCUT2D eigenvalue weighted by molar-refractivity contribution is 7.91. The number of aryl methyl sites for hydroxylation is 2. The van der Waals surface area contributed by atoms with E-state index >= 15 is 0 Å². The van der Waals surface area contributed by atoms with Crippen molar-refractivity contribution in [3.05, 3.63) is 64.4 Å². The molecule has 0 saturated heterocycles. The molecule has 0 atom stereocenters. The first kappa shape index (κ1) is 19.2. The minimum absolute atomic E-state index is 0.00697. The molecule has 1 amide bonds. The first-order chi connectivity index (χ1) is 13.0. The Morgan fingerprint density at radius 1 is 1.26 bits per heavy atom. The summed E-state index contributed by atoms with van der Waals surface area (Å²) in [6, 6.07) is 9.64. The van der Waals surface area contributed by atoms with E-state index in [0.29, 0.717) is 25.1 Å². The van der Waals surface area contributed by atoms with E-state index in [4.69, 9.17) is 0 Å². The summed E-state index contributed by atoms with van der Waals surface area (Å²) in [5.74, 6) is -0.241. The summed E-state index contributed by atoms with van der Waals surface area (Å²) >= 11 is 1.36. The molecule has 0 aliphatic heterocycles. The summed E-state index contributed by atoms with van der Waals surface area (Å²) in [4.78, 5) is 20.4. The Morgan fingerprint density at radius 3 is 2.74 bits per heavy atom. The molecule has 0 saturated carbocycles. The van der Waals surface area contributed by atoms with Gasteiger partial charge in [-0.1, -0.05) is 30.3 Å². The first-order valence-electron chi connectivity index (χ1n) is 8.42. The standard InChI is InChI=1S/C18H20N4O3S2/c1-22-10-9-19-18(22)27(24,25)11-5-8-16-21-15(13-26-16)17(23)20-12-14-6-3-2-4-7-14/h2-4,6-7,9-10,13H,5,8,11-12H2,1H3,(H,20,23). The number of nitrogens with zero attached hydrogens (tertiary/aromatic N) is 3. The van der Waals surface area contributed by atoms with Crippen LogP contribution >= 0.6 is 11.3 Å². The van der Waals surface area contributed by atoms with Crippen molar-refractivity contribution in [3.63, 3.8) is 0 Å². The monoisotopic (exact) mass is 404 g/mol. The van der Waals surface area contributed by atoms with Crippen LogP contribution in [0.2, 0.25) is 0 Å². The van der Waals surface area contributed by atoms with Crippen LogP contribution in [0.15, 0.2) is 53.3 Å². The van der Waals surface area contributed by atoms with Gasteiger partial charge < -0.3 is 9.88 Å². The molecule has 0 bridgehead atoms. The number of amides is 1. The number of aromatic nitrogens is 3. The number of nitrogens with one attached hydrogen (secondary N) is 1. The highest BCUT2D eigenvalue weighted by atomic mass is 32.2. The highest BCUT2D eigenvalue weighted by Crippen LogP contribution is 2.15. The second-order valence-electron chi connectivity index (χ2n) is 6.04. The van der Waals surface area contributed by atoms with Gasteiger partial charge in [-0.15, -0.1) is 11.3 Å². The number of imidazole rings is 1. The topological polar surface area (TPSA) is 93.9 Å². The normalized spacial score (nSPS) is 11.4. The summed E-state index contributed by atoms with van der Waals surface area (Å²) in [6.45, 7) is 0.439. The quantitative estimate of drug-likeness (QED) is 0.621. The third-order valence-electron chi connectivity index (χ3n) is 3.94. The summed E-state index contributed by atoms with van der Waals surface area (Å²) in [7, 11) is -1.76. The lowest BCUT2D eigenvalue weighted by Crippen LogP contribution is -2.23. The molecule has 7 nitrogen and oxygen atoms in total. The number of thiazole rings is 1. The van der Waals surface area contributed by atoms with Crippen molar-refractivity contribution in [2.45, 2.75) is 24.5 Å². The smallest absolute Gasteiger partial charge is 0.271 e. The van der Waals surface area contributed by atoms with Crippen molar-refractivity contribution in [1.82, 2.24) is 19.9 Å². The second-order valence-corrected chi connectivity index (χ2v) is 8.98. The zero-order valence-corrected chi connectivity index (χ0v) is 16.5. The molecule has 0 spiro atoms. The highest BCUT2D eigenvalue weighted by Gasteiger charge is 2.19. The van der Waals surface area contributed by atoms with Crippen molar-refractivity contribution in [1.29, 1.82) is 0 Å². The van der Waals surface area contributed by atoms with Crippen molar-refractivity contribution in [3.8, 4) is 0 Å². The molecule has 0 radical (unpaired) electrons. The zero-order chi connectivity index (χ0) is 19.3. The molecule has 3 aromatic rings. The van der Waals surface area contributed by atoms with Gasteiger partial charge in [0.25, 0.3) is 5.91 Å². The Kier molecular flexibility index (Phi) is 6.02. The van der Waals surface area contributed by atoms with Gasteiger partial charge in [-0.25, -0.2) is 18.4 Å². The molecule has 0 fully saturated rings. The fraction of sp³-hybridized carbons (Fsp3) is 0.278. The first-order valence-corrected chi connectivity index (χ1v) is 11.0. The van der Waals surface area contributed by atoms with Crippen LogP contribution in [0.4, 0.5) is 0 Å². The molecule has 1 aromatic carbocycles. The number of hydrogen-bond acceptors (Lipinski definition) is 6. The van der Waals surface area contributed by atoms with E-state index in [-0.39, 0.29) is 16.8 Å². The summed E-state index contributed by atoms with van der Waals surface area (Å²) in [6.07, 6.45) is 4.00. The number of benzene rings is 1. The van der Waals surface area contributed by atoms with Crippen LogP contribution in [0.3, 0.4) is 0 Å². The maximum Gasteiger partial charge on any atom is 0.271 e. The van der Waals surface area contributed by atoms with E-state index in [2.05, 4.69) is 15.3 Å². The van der Waals surface area contributed by atoms with Crippen molar-refractivity contribution in [2.75, 3.05) is 5.75 Å². The van der Waals surface area contributed by atoms with E-state index < -0.39 is 9.84 Å². The van der Waals surface area contributed by atoms with Gasteiger partial charge in [0.1, 0.15) is 5.69 Å². The minimum atomic E-state index is -3.42. The molecule has 0 aliphatic carbocycles. The third kappa shape index (κ3) is 5.01. The number of sulfone groups is 1. The second kappa shape index (κ2) is 8.45. The molecule has 0 unspecified atom stereocenters. The van der Waals surface area contributed by atoms with Gasteiger partial charge in [0.2, 0.25) is 15.0 Å². The summed E-state index contributed by atoms with van der Waals surface area (Å²) < 4.78 is 26.0. The Hall–Kier alpha value is -2.52. The fourth-order valence-corrected chi connectivity index (χ4v) is 4.80. The third-order valence-corrected chi connectivity index (χ3v) is 6.62. The Bertz CT molecular complexity index is 1010. The van der Waals surface area contributed by atoms with Crippen LogP contribution in [-0.2, 0) is 29.9 Å². The maximum atomic E-state index is 12.3. The molecule has 2 heterocycles. The average molecular weight is 405 g/mol. The van der Waals surface area contributed by atoms with Gasteiger partial charge >= 0.3 is 0 Å². The largest absolute Gasteiger partial charge is 0.347 e. The Labute approximate surface area is 162 Å². The average Bonchev–Trinajstić information content (AvgIpc) is 3.30. The van der Waals surface area contributed by atoms with E-state index in [1.807, 2.05) is 30.3 Å². The molecule has 27 heavy (non-hydrogen) atoms. The van der Waals surface area contributed by atoms with Gasteiger partial charge in [-0.2, -0.15) is 0 Å². The minimum Gasteiger partial charge on any atom is -0.347 e. The van der Waals surface area contributed by atoms with E-state index in [1.54, 1.807) is 18.6 Å². The molecule has 2 aromatic heterocycles. The van der Waals surface area contributed by atoms with Gasteiger partial charge in [0.05, 0.1) is 10.8 Å². The van der Waals surface area contributed by atoms with E-state index in [9.17, 15) is 13.2 Å². The zero-order valence-electron chi connectivity index (χ0n) is 14.8. The van der Waals surface area contributed by atoms with Crippen molar-refractivity contribution < 1.29 is 13.2 Å². The molecule has 1 N–H and O–H groups in total. The van der Waals surface area contributed by atoms with Crippen LogP contribution < -0.4 is 5.32 Å². The molecule has 3 rings (SSSR count). The lowest BCUT2D eigenvalue weighted by atomic mass is 10.2. The predicted octanol–water partition coefficient (Wildman–Crippen LogP) is 2.21.